The molecule has 0 saturated heterocycles. The number of aromatic nitrogens is 4. The van der Waals surface area contributed by atoms with E-state index in [0.29, 0.717) is 5.92 Å². The van der Waals surface area contributed by atoms with Gasteiger partial charge in [-0.05, 0) is 46.5 Å². The second-order valence-corrected chi connectivity index (χ2v) is 4.29. The minimum atomic E-state index is 0.390. The number of aryl methyl sites for hydroxylation is 1. The highest BCUT2D eigenvalue weighted by Gasteiger charge is 2.12. The minimum Gasteiger partial charge on any atom is -0.496 e. The van der Waals surface area contributed by atoms with Gasteiger partial charge in [0.15, 0.2) is 0 Å². The van der Waals surface area contributed by atoms with Crippen molar-refractivity contribution < 1.29 is 4.74 Å². The molecule has 17 heavy (non-hydrogen) atoms. The lowest BCUT2D eigenvalue weighted by molar-refractivity contribution is 0.407. The minimum absolute atomic E-state index is 0.390. The first-order valence-electron chi connectivity index (χ1n) is 5.55. The lowest BCUT2D eigenvalue weighted by Gasteiger charge is -2.15. The first-order chi connectivity index (χ1) is 8.13. The number of methoxy groups -OCH3 is 1. The van der Waals surface area contributed by atoms with E-state index >= 15 is 0 Å². The Bertz CT molecular complexity index is 505. The summed E-state index contributed by atoms with van der Waals surface area (Å²) in [4.78, 5) is 0. The molecule has 0 atom stereocenters. The molecule has 5 heteroatoms. The fraction of sp³-hybridized carbons (Fsp3) is 0.417. The Morgan fingerprint density at radius 2 is 2.06 bits per heavy atom. The summed E-state index contributed by atoms with van der Waals surface area (Å²) in [6.07, 6.45) is 1.60. The number of tetrazole rings is 1. The number of hydrogen-bond acceptors (Lipinski definition) is 4. The Balaban J connectivity index is 2.58. The smallest absolute Gasteiger partial charge is 0.143 e. The molecule has 5 nitrogen and oxygen atoms in total. The van der Waals surface area contributed by atoms with Crippen LogP contribution in [0.2, 0.25) is 0 Å². The fourth-order valence-corrected chi connectivity index (χ4v) is 1.83. The summed E-state index contributed by atoms with van der Waals surface area (Å²) in [7, 11) is 1.69. The number of hydrogen-bond donors (Lipinski definition) is 0. The molecular formula is C12H16N4O. The normalized spacial score (nSPS) is 10.9. The molecule has 0 unspecified atom stereocenters. The van der Waals surface area contributed by atoms with Gasteiger partial charge in [-0.1, -0.05) is 13.8 Å². The average molecular weight is 232 g/mol. The highest BCUT2D eigenvalue weighted by Crippen LogP contribution is 2.30. The summed E-state index contributed by atoms with van der Waals surface area (Å²) in [6, 6.07) is 4.10. The van der Waals surface area contributed by atoms with Gasteiger partial charge in [0.05, 0.1) is 12.8 Å². The second-order valence-electron chi connectivity index (χ2n) is 4.29. The summed E-state index contributed by atoms with van der Waals surface area (Å²) in [5.74, 6) is 1.30. The molecule has 0 aliphatic rings. The van der Waals surface area contributed by atoms with Crippen LogP contribution in [0.15, 0.2) is 18.5 Å². The van der Waals surface area contributed by atoms with Gasteiger partial charge in [-0.15, -0.1) is 5.10 Å². The molecule has 1 aromatic carbocycles. The highest BCUT2D eigenvalue weighted by atomic mass is 16.5. The zero-order chi connectivity index (χ0) is 12.4. The Labute approximate surface area is 100 Å². The SMILES string of the molecule is COc1cc(C)c(-n2cnnn2)cc1C(C)C. The number of nitrogens with zero attached hydrogens (tertiary/aromatic N) is 4. The molecule has 0 saturated carbocycles. The molecule has 0 bridgehead atoms. The van der Waals surface area contributed by atoms with Crippen LogP contribution in [0.25, 0.3) is 5.69 Å². The Hall–Kier alpha value is -1.91. The number of rotatable bonds is 3. The molecule has 1 aromatic heterocycles. The van der Waals surface area contributed by atoms with E-state index in [9.17, 15) is 0 Å². The van der Waals surface area contributed by atoms with Crippen molar-refractivity contribution >= 4 is 0 Å². The largest absolute Gasteiger partial charge is 0.496 e. The van der Waals surface area contributed by atoms with Crippen molar-refractivity contribution in [3.05, 3.63) is 29.6 Å². The lowest BCUT2D eigenvalue weighted by atomic mass is 9.99. The van der Waals surface area contributed by atoms with Gasteiger partial charge in [-0.25, -0.2) is 4.68 Å². The fourth-order valence-electron chi connectivity index (χ4n) is 1.83. The molecule has 2 rings (SSSR count). The monoisotopic (exact) mass is 232 g/mol. The summed E-state index contributed by atoms with van der Waals surface area (Å²) in [5.41, 5.74) is 3.22. The first-order valence-corrected chi connectivity index (χ1v) is 5.55. The maximum atomic E-state index is 5.40. The average Bonchev–Trinajstić information content (AvgIpc) is 2.81. The molecule has 0 aliphatic carbocycles. The standard InChI is InChI=1S/C12H16N4O/c1-8(2)10-6-11(16-7-13-14-15-16)9(3)5-12(10)17-4/h5-8H,1-4H3. The molecule has 0 amide bonds. The quantitative estimate of drug-likeness (QED) is 0.813. The maximum absolute atomic E-state index is 5.40. The van der Waals surface area contributed by atoms with Crippen LogP contribution in [0, 0.1) is 6.92 Å². The summed E-state index contributed by atoms with van der Waals surface area (Å²) < 4.78 is 7.07. The van der Waals surface area contributed by atoms with Gasteiger partial charge in [-0.2, -0.15) is 0 Å². The van der Waals surface area contributed by atoms with Crippen LogP contribution >= 0.6 is 0 Å². The summed E-state index contributed by atoms with van der Waals surface area (Å²) in [5, 5.41) is 11.2. The molecular weight excluding hydrogens is 216 g/mol. The molecule has 0 spiro atoms. The second kappa shape index (κ2) is 4.53. The first kappa shape index (κ1) is 11.6. The van der Waals surface area contributed by atoms with Crippen LogP contribution in [-0.2, 0) is 0 Å². The van der Waals surface area contributed by atoms with Crippen molar-refractivity contribution in [2.75, 3.05) is 7.11 Å². The van der Waals surface area contributed by atoms with Crippen LogP contribution in [-0.4, -0.2) is 27.3 Å². The van der Waals surface area contributed by atoms with Gasteiger partial charge < -0.3 is 4.74 Å². The van der Waals surface area contributed by atoms with E-state index in [-0.39, 0.29) is 0 Å². The number of benzene rings is 1. The van der Waals surface area contributed by atoms with E-state index in [2.05, 4.69) is 35.4 Å². The van der Waals surface area contributed by atoms with Crippen LogP contribution in [0.3, 0.4) is 0 Å². The van der Waals surface area contributed by atoms with E-state index in [1.165, 1.54) is 0 Å². The third-order valence-corrected chi connectivity index (χ3v) is 2.77. The van der Waals surface area contributed by atoms with Crippen molar-refractivity contribution in [3.8, 4) is 11.4 Å². The third kappa shape index (κ3) is 2.13. The molecule has 0 aliphatic heterocycles. The van der Waals surface area contributed by atoms with E-state index in [1.807, 2.05) is 13.0 Å². The van der Waals surface area contributed by atoms with Crippen LogP contribution in [0.5, 0.6) is 5.75 Å². The maximum Gasteiger partial charge on any atom is 0.143 e. The Morgan fingerprint density at radius 3 is 2.59 bits per heavy atom. The molecule has 0 radical (unpaired) electrons. The molecule has 1 heterocycles. The van der Waals surface area contributed by atoms with Crippen molar-refractivity contribution in [2.45, 2.75) is 26.7 Å². The van der Waals surface area contributed by atoms with Crippen molar-refractivity contribution in [1.29, 1.82) is 0 Å². The predicted molar refractivity (Wildman–Crippen MR) is 64.5 cm³/mol. The van der Waals surface area contributed by atoms with E-state index in [0.717, 1.165) is 22.6 Å². The zero-order valence-corrected chi connectivity index (χ0v) is 10.5. The van der Waals surface area contributed by atoms with Gasteiger partial charge in [-0.3, -0.25) is 0 Å². The van der Waals surface area contributed by atoms with E-state index in [1.54, 1.807) is 18.1 Å². The highest BCUT2D eigenvalue weighted by molar-refractivity contribution is 5.50. The zero-order valence-electron chi connectivity index (χ0n) is 10.5. The van der Waals surface area contributed by atoms with Crippen molar-refractivity contribution in [1.82, 2.24) is 20.2 Å². The van der Waals surface area contributed by atoms with Gasteiger partial charge in [0.2, 0.25) is 0 Å². The van der Waals surface area contributed by atoms with Crippen LogP contribution in [0.4, 0.5) is 0 Å². The molecule has 0 fully saturated rings. The number of ether oxygens (including phenoxy) is 1. The van der Waals surface area contributed by atoms with Gasteiger partial charge in [0.25, 0.3) is 0 Å². The Kier molecular flexibility index (Phi) is 3.08. The topological polar surface area (TPSA) is 52.8 Å². The molecule has 0 N–H and O–H groups in total. The lowest BCUT2D eigenvalue weighted by Crippen LogP contribution is -2.02. The van der Waals surface area contributed by atoms with Crippen LogP contribution < -0.4 is 4.74 Å². The van der Waals surface area contributed by atoms with Gasteiger partial charge in [0, 0.05) is 0 Å². The van der Waals surface area contributed by atoms with E-state index < -0.39 is 0 Å². The Morgan fingerprint density at radius 1 is 1.29 bits per heavy atom. The van der Waals surface area contributed by atoms with Crippen molar-refractivity contribution in [2.24, 2.45) is 0 Å². The van der Waals surface area contributed by atoms with Crippen molar-refractivity contribution in [3.63, 3.8) is 0 Å². The predicted octanol–water partition coefficient (Wildman–Crippen LogP) is 2.10. The van der Waals surface area contributed by atoms with Gasteiger partial charge >= 0.3 is 0 Å². The summed E-state index contributed by atoms with van der Waals surface area (Å²) >= 11 is 0. The van der Waals surface area contributed by atoms with Crippen LogP contribution in [0.1, 0.15) is 30.9 Å². The van der Waals surface area contributed by atoms with E-state index in [4.69, 9.17) is 4.74 Å². The van der Waals surface area contributed by atoms with Gasteiger partial charge in [0.1, 0.15) is 12.1 Å². The third-order valence-electron chi connectivity index (χ3n) is 2.77. The molecule has 90 valence electrons. The molecule has 2 aromatic rings. The summed E-state index contributed by atoms with van der Waals surface area (Å²) in [6.45, 7) is 6.29.